The molecule has 0 unspecified atom stereocenters. The third-order valence-electron chi connectivity index (χ3n) is 3.74. The molecule has 1 aliphatic rings. The molecule has 0 bridgehead atoms. The fraction of sp³-hybridized carbons (Fsp3) is 0.467. The van der Waals surface area contributed by atoms with Gasteiger partial charge in [0, 0.05) is 26.2 Å². The lowest BCUT2D eigenvalue weighted by Gasteiger charge is -2.33. The molecule has 0 saturated carbocycles. The average Bonchev–Trinajstić information content (AvgIpc) is 3.02. The number of ether oxygens (including phenoxy) is 2. The number of thiazole rings is 1. The largest absolute Gasteiger partial charge is 0.494 e. The van der Waals surface area contributed by atoms with Crippen LogP contribution in [0.15, 0.2) is 12.1 Å². The molecule has 1 aromatic carbocycles. The number of aromatic nitrogens is 1. The minimum absolute atomic E-state index is 0.249. The zero-order chi connectivity index (χ0) is 16.4. The zero-order valence-electron chi connectivity index (χ0n) is 13.0. The summed E-state index contributed by atoms with van der Waals surface area (Å²) in [7, 11) is 1.62. The van der Waals surface area contributed by atoms with Gasteiger partial charge in [-0.2, -0.15) is 0 Å². The lowest BCUT2D eigenvalue weighted by molar-refractivity contribution is 0.105. The van der Waals surface area contributed by atoms with Crippen molar-refractivity contribution >= 4 is 44.4 Å². The number of amides is 1. The molecule has 0 atom stereocenters. The van der Waals surface area contributed by atoms with Gasteiger partial charge in [0.1, 0.15) is 11.3 Å². The summed E-state index contributed by atoms with van der Waals surface area (Å²) >= 11 is 7.81. The molecule has 0 spiro atoms. The summed E-state index contributed by atoms with van der Waals surface area (Å²) in [6, 6.07) is 3.65. The Hall–Kier alpha value is -1.73. The molecule has 1 aliphatic heterocycles. The maximum absolute atomic E-state index is 11.7. The summed E-state index contributed by atoms with van der Waals surface area (Å²) < 4.78 is 11.3. The summed E-state index contributed by atoms with van der Waals surface area (Å²) in [5.74, 6) is 0.719. The van der Waals surface area contributed by atoms with Crippen molar-refractivity contribution in [3.63, 3.8) is 0 Å². The third-order valence-corrected chi connectivity index (χ3v) is 5.32. The molecule has 3 rings (SSSR count). The Bertz CT molecular complexity index is 713. The first kappa shape index (κ1) is 16.1. The summed E-state index contributed by atoms with van der Waals surface area (Å²) in [5, 5.41) is 1.57. The van der Waals surface area contributed by atoms with Gasteiger partial charge in [-0.05, 0) is 19.1 Å². The van der Waals surface area contributed by atoms with Crippen molar-refractivity contribution in [2.75, 3.05) is 44.8 Å². The number of nitrogens with zero attached hydrogens (tertiary/aromatic N) is 3. The van der Waals surface area contributed by atoms with Crippen molar-refractivity contribution < 1.29 is 14.3 Å². The first-order valence-corrected chi connectivity index (χ1v) is 8.63. The predicted molar refractivity (Wildman–Crippen MR) is 92.0 cm³/mol. The number of hydrogen-bond acceptors (Lipinski definition) is 6. The van der Waals surface area contributed by atoms with Crippen LogP contribution in [-0.4, -0.2) is 55.9 Å². The van der Waals surface area contributed by atoms with E-state index in [9.17, 15) is 4.79 Å². The molecule has 2 heterocycles. The average molecular weight is 356 g/mol. The Morgan fingerprint density at radius 2 is 2.09 bits per heavy atom. The highest BCUT2D eigenvalue weighted by atomic mass is 35.5. The number of benzene rings is 1. The molecular formula is C15H18ClN3O3S. The van der Waals surface area contributed by atoms with Crippen molar-refractivity contribution in [2.45, 2.75) is 6.92 Å². The highest BCUT2D eigenvalue weighted by Gasteiger charge is 2.24. The molecule has 6 nitrogen and oxygen atoms in total. The van der Waals surface area contributed by atoms with Crippen molar-refractivity contribution in [3.05, 3.63) is 17.2 Å². The minimum atomic E-state index is -0.249. The lowest BCUT2D eigenvalue weighted by Crippen LogP contribution is -2.48. The van der Waals surface area contributed by atoms with E-state index in [0.29, 0.717) is 24.7 Å². The lowest BCUT2D eigenvalue weighted by atomic mass is 10.3. The monoisotopic (exact) mass is 355 g/mol. The van der Waals surface area contributed by atoms with Gasteiger partial charge in [0.05, 0.1) is 23.4 Å². The molecule has 1 fully saturated rings. The van der Waals surface area contributed by atoms with Gasteiger partial charge >= 0.3 is 6.09 Å². The van der Waals surface area contributed by atoms with E-state index in [1.165, 1.54) is 0 Å². The number of hydrogen-bond donors (Lipinski definition) is 0. The molecule has 1 saturated heterocycles. The van der Waals surface area contributed by atoms with Gasteiger partial charge in [0.15, 0.2) is 5.13 Å². The van der Waals surface area contributed by atoms with Gasteiger partial charge in [-0.3, -0.25) is 0 Å². The Morgan fingerprint density at radius 1 is 1.35 bits per heavy atom. The maximum atomic E-state index is 11.7. The van der Waals surface area contributed by atoms with Crippen LogP contribution in [0.25, 0.3) is 10.2 Å². The van der Waals surface area contributed by atoms with Gasteiger partial charge in [-0.25, -0.2) is 9.78 Å². The Kier molecular flexibility index (Phi) is 4.77. The van der Waals surface area contributed by atoms with Crippen LogP contribution in [-0.2, 0) is 4.74 Å². The number of methoxy groups -OCH3 is 1. The SMILES string of the molecule is CCOC(=O)N1CCN(c2nc3c(OC)ccc(Cl)c3s2)CC1. The van der Waals surface area contributed by atoms with Crippen LogP contribution in [0.2, 0.25) is 5.02 Å². The van der Waals surface area contributed by atoms with Gasteiger partial charge in [0.25, 0.3) is 0 Å². The molecule has 0 radical (unpaired) electrons. The van der Waals surface area contributed by atoms with Crippen LogP contribution in [0.4, 0.5) is 9.93 Å². The smallest absolute Gasteiger partial charge is 0.409 e. The molecule has 0 aliphatic carbocycles. The zero-order valence-corrected chi connectivity index (χ0v) is 14.6. The van der Waals surface area contributed by atoms with E-state index in [4.69, 9.17) is 21.1 Å². The minimum Gasteiger partial charge on any atom is -0.494 e. The molecule has 124 valence electrons. The van der Waals surface area contributed by atoms with Crippen LogP contribution < -0.4 is 9.64 Å². The topological polar surface area (TPSA) is 54.9 Å². The van der Waals surface area contributed by atoms with Crippen LogP contribution in [0, 0.1) is 0 Å². The Morgan fingerprint density at radius 3 is 2.74 bits per heavy atom. The second-order valence-electron chi connectivity index (χ2n) is 5.10. The molecular weight excluding hydrogens is 338 g/mol. The Balaban J connectivity index is 1.77. The standard InChI is InChI=1S/C15H18ClN3O3S/c1-3-22-15(20)19-8-6-18(7-9-19)14-17-12-11(21-2)5-4-10(16)13(12)23-14/h4-5H,3,6-9H2,1-2H3. The quantitative estimate of drug-likeness (QED) is 0.846. The second-order valence-corrected chi connectivity index (χ2v) is 6.48. The van der Waals surface area contributed by atoms with E-state index < -0.39 is 0 Å². The molecule has 1 aromatic heterocycles. The number of carbonyl (C=O) groups is 1. The van der Waals surface area contributed by atoms with E-state index in [0.717, 1.165) is 34.2 Å². The van der Waals surface area contributed by atoms with Crippen molar-refractivity contribution in [1.29, 1.82) is 0 Å². The molecule has 2 aromatic rings. The third kappa shape index (κ3) is 3.16. The van der Waals surface area contributed by atoms with E-state index in [1.54, 1.807) is 23.3 Å². The second kappa shape index (κ2) is 6.80. The first-order valence-electron chi connectivity index (χ1n) is 7.43. The van der Waals surface area contributed by atoms with E-state index in [-0.39, 0.29) is 6.09 Å². The number of piperazine rings is 1. The van der Waals surface area contributed by atoms with Crippen LogP contribution in [0.5, 0.6) is 5.75 Å². The number of carbonyl (C=O) groups excluding carboxylic acids is 1. The van der Waals surface area contributed by atoms with Gasteiger partial charge in [-0.1, -0.05) is 22.9 Å². The van der Waals surface area contributed by atoms with Crippen molar-refractivity contribution in [2.24, 2.45) is 0 Å². The van der Waals surface area contributed by atoms with Gasteiger partial charge < -0.3 is 19.3 Å². The summed E-state index contributed by atoms with van der Waals surface area (Å²) in [4.78, 5) is 20.3. The van der Waals surface area contributed by atoms with E-state index in [2.05, 4.69) is 9.88 Å². The molecule has 23 heavy (non-hydrogen) atoms. The predicted octanol–water partition coefficient (Wildman–Crippen LogP) is 3.24. The fourth-order valence-electron chi connectivity index (χ4n) is 2.54. The molecule has 8 heteroatoms. The highest BCUT2D eigenvalue weighted by Crippen LogP contribution is 2.38. The Labute approximate surface area is 143 Å². The van der Waals surface area contributed by atoms with Crippen molar-refractivity contribution in [3.8, 4) is 5.75 Å². The summed E-state index contributed by atoms with van der Waals surface area (Å²) in [6.45, 7) is 4.90. The van der Waals surface area contributed by atoms with Gasteiger partial charge in [0.2, 0.25) is 0 Å². The van der Waals surface area contributed by atoms with Crippen LogP contribution in [0.3, 0.4) is 0 Å². The summed E-state index contributed by atoms with van der Waals surface area (Å²) in [5.41, 5.74) is 0.785. The number of anilines is 1. The van der Waals surface area contributed by atoms with Crippen LogP contribution in [0.1, 0.15) is 6.92 Å². The van der Waals surface area contributed by atoms with Crippen molar-refractivity contribution in [1.82, 2.24) is 9.88 Å². The highest BCUT2D eigenvalue weighted by molar-refractivity contribution is 7.22. The normalized spacial score (nSPS) is 15.1. The van der Waals surface area contributed by atoms with E-state index in [1.807, 2.05) is 19.1 Å². The maximum Gasteiger partial charge on any atom is 0.409 e. The van der Waals surface area contributed by atoms with E-state index >= 15 is 0 Å². The number of rotatable bonds is 3. The number of fused-ring (bicyclic) bond motifs is 1. The summed E-state index contributed by atoms with van der Waals surface area (Å²) in [6.07, 6.45) is -0.249. The molecule has 1 amide bonds. The van der Waals surface area contributed by atoms with Crippen LogP contribution >= 0.6 is 22.9 Å². The fourth-order valence-corrected chi connectivity index (χ4v) is 3.84. The molecule has 0 N–H and O–H groups in total. The number of halogens is 1. The van der Waals surface area contributed by atoms with Gasteiger partial charge in [-0.15, -0.1) is 0 Å². The first-order chi connectivity index (χ1) is 11.1.